The zero-order valence-electron chi connectivity index (χ0n) is 9.50. The van der Waals surface area contributed by atoms with Gasteiger partial charge in [-0.15, -0.1) is 0 Å². The van der Waals surface area contributed by atoms with Crippen molar-refractivity contribution in [3.63, 3.8) is 0 Å². The van der Waals surface area contributed by atoms with Gasteiger partial charge in [-0.1, -0.05) is 24.0 Å². The summed E-state index contributed by atoms with van der Waals surface area (Å²) in [6, 6.07) is 7.34. The molecule has 0 saturated heterocycles. The normalized spacial score (nSPS) is 11.1. The van der Waals surface area contributed by atoms with Gasteiger partial charge in [-0.25, -0.2) is 0 Å². The van der Waals surface area contributed by atoms with Crippen LogP contribution in [0.1, 0.15) is 36.7 Å². The highest BCUT2D eigenvalue weighted by Gasteiger charge is 2.14. The SMILES string of the molecule is [B]Cc1ccc(C(=O)NC(C)(C)C)cc1. The molecule has 78 valence electrons. The first kappa shape index (κ1) is 11.8. The maximum absolute atomic E-state index is 11.7. The largest absolute Gasteiger partial charge is 0.347 e. The molecule has 0 aliphatic rings. The second-order valence-electron chi connectivity index (χ2n) is 4.61. The summed E-state index contributed by atoms with van der Waals surface area (Å²) in [5.41, 5.74) is 1.49. The molecule has 1 N–H and O–H groups in total. The fourth-order valence-corrected chi connectivity index (χ4v) is 1.20. The summed E-state index contributed by atoms with van der Waals surface area (Å²) in [7, 11) is 5.48. The number of amides is 1. The number of hydrogen-bond donors (Lipinski definition) is 1. The van der Waals surface area contributed by atoms with Gasteiger partial charge in [-0.05, 0) is 32.9 Å². The molecule has 0 atom stereocenters. The standard InChI is InChI=1S/C12H16BNO/c1-12(2,3)14-11(15)10-6-4-9(8-13)5-7-10/h4-7H,8H2,1-3H3,(H,14,15). The molecule has 0 bridgehead atoms. The average Bonchev–Trinajstić information content (AvgIpc) is 2.15. The number of carbonyl (C=O) groups is 1. The highest BCUT2D eigenvalue weighted by molar-refractivity contribution is 6.08. The smallest absolute Gasteiger partial charge is 0.251 e. The van der Waals surface area contributed by atoms with Gasteiger partial charge >= 0.3 is 0 Å². The van der Waals surface area contributed by atoms with E-state index in [4.69, 9.17) is 7.85 Å². The third kappa shape index (κ3) is 3.78. The van der Waals surface area contributed by atoms with E-state index in [2.05, 4.69) is 5.32 Å². The second kappa shape index (κ2) is 4.52. The lowest BCUT2D eigenvalue weighted by atomic mass is 9.96. The summed E-state index contributed by atoms with van der Waals surface area (Å²) in [6.45, 7) is 5.87. The summed E-state index contributed by atoms with van der Waals surface area (Å²) in [5.74, 6) is -0.0499. The Morgan fingerprint density at radius 2 is 1.80 bits per heavy atom. The van der Waals surface area contributed by atoms with E-state index >= 15 is 0 Å². The summed E-state index contributed by atoms with van der Waals surface area (Å²) in [4.78, 5) is 11.7. The molecule has 0 unspecified atom stereocenters. The number of rotatable bonds is 2. The monoisotopic (exact) mass is 201 g/mol. The summed E-state index contributed by atoms with van der Waals surface area (Å²) >= 11 is 0. The molecule has 3 heteroatoms. The van der Waals surface area contributed by atoms with E-state index in [0.717, 1.165) is 5.56 Å². The predicted octanol–water partition coefficient (Wildman–Crippen LogP) is 1.88. The van der Waals surface area contributed by atoms with Crippen molar-refractivity contribution in [3.8, 4) is 0 Å². The number of benzene rings is 1. The molecule has 1 aromatic carbocycles. The van der Waals surface area contributed by atoms with Crippen molar-refractivity contribution in [2.75, 3.05) is 0 Å². The van der Waals surface area contributed by atoms with Crippen LogP contribution in [-0.4, -0.2) is 19.3 Å². The molecule has 15 heavy (non-hydrogen) atoms. The second-order valence-corrected chi connectivity index (χ2v) is 4.61. The van der Waals surface area contributed by atoms with Gasteiger partial charge in [0.2, 0.25) is 0 Å². The number of hydrogen-bond acceptors (Lipinski definition) is 1. The molecule has 0 aliphatic heterocycles. The van der Waals surface area contributed by atoms with Crippen molar-refractivity contribution >= 4 is 13.8 Å². The quantitative estimate of drug-likeness (QED) is 0.727. The van der Waals surface area contributed by atoms with E-state index < -0.39 is 0 Å². The Morgan fingerprint density at radius 3 is 2.20 bits per heavy atom. The zero-order chi connectivity index (χ0) is 11.5. The van der Waals surface area contributed by atoms with Gasteiger partial charge in [0.05, 0.1) is 7.85 Å². The van der Waals surface area contributed by atoms with Crippen LogP contribution in [0.4, 0.5) is 0 Å². The first-order valence-corrected chi connectivity index (χ1v) is 5.04. The van der Waals surface area contributed by atoms with Crippen molar-refractivity contribution in [2.24, 2.45) is 0 Å². The first-order chi connectivity index (χ1) is 6.92. The van der Waals surface area contributed by atoms with E-state index in [1.54, 1.807) is 12.1 Å². The minimum absolute atomic E-state index is 0.0499. The topological polar surface area (TPSA) is 29.1 Å². The molecule has 0 aliphatic carbocycles. The molecule has 2 radical (unpaired) electrons. The fourth-order valence-electron chi connectivity index (χ4n) is 1.20. The molecule has 1 rings (SSSR count). The van der Waals surface area contributed by atoms with Crippen LogP contribution in [0.2, 0.25) is 0 Å². The molecule has 0 spiro atoms. The summed E-state index contributed by atoms with van der Waals surface area (Å²) in [6.07, 6.45) is 0.501. The van der Waals surface area contributed by atoms with E-state index in [9.17, 15) is 4.79 Å². The molecule has 1 amide bonds. The Bertz CT molecular complexity index is 338. The van der Waals surface area contributed by atoms with Crippen molar-refractivity contribution in [3.05, 3.63) is 35.4 Å². The average molecular weight is 201 g/mol. The van der Waals surface area contributed by atoms with Crippen LogP contribution in [-0.2, 0) is 6.32 Å². The zero-order valence-corrected chi connectivity index (χ0v) is 9.50. The van der Waals surface area contributed by atoms with Gasteiger partial charge in [0.15, 0.2) is 0 Å². The van der Waals surface area contributed by atoms with E-state index in [1.807, 2.05) is 32.9 Å². The lowest BCUT2D eigenvalue weighted by molar-refractivity contribution is 0.0919. The molecule has 0 aromatic heterocycles. The van der Waals surface area contributed by atoms with E-state index in [-0.39, 0.29) is 11.4 Å². The first-order valence-electron chi connectivity index (χ1n) is 5.04. The minimum Gasteiger partial charge on any atom is -0.347 e. The Morgan fingerprint density at radius 1 is 1.27 bits per heavy atom. The van der Waals surface area contributed by atoms with Gasteiger partial charge in [0.1, 0.15) is 0 Å². The summed E-state index contributed by atoms with van der Waals surface area (Å²) < 4.78 is 0. The van der Waals surface area contributed by atoms with Crippen molar-refractivity contribution in [1.82, 2.24) is 5.32 Å². The minimum atomic E-state index is -0.205. The lowest BCUT2D eigenvalue weighted by Gasteiger charge is -2.20. The molecular weight excluding hydrogens is 185 g/mol. The van der Waals surface area contributed by atoms with Gasteiger partial charge in [-0.2, -0.15) is 0 Å². The van der Waals surface area contributed by atoms with Crippen LogP contribution in [0.5, 0.6) is 0 Å². The highest BCUT2D eigenvalue weighted by atomic mass is 16.1. The van der Waals surface area contributed by atoms with E-state index in [1.165, 1.54) is 0 Å². The Kier molecular flexibility index (Phi) is 3.56. The lowest BCUT2D eigenvalue weighted by Crippen LogP contribution is -2.40. The van der Waals surface area contributed by atoms with Crippen LogP contribution in [0.3, 0.4) is 0 Å². The van der Waals surface area contributed by atoms with Gasteiger partial charge in [-0.3, -0.25) is 4.79 Å². The molecular formula is C12H16BNO. The molecule has 2 nitrogen and oxygen atoms in total. The Balaban J connectivity index is 2.75. The Hall–Kier alpha value is -1.25. The van der Waals surface area contributed by atoms with Crippen molar-refractivity contribution in [1.29, 1.82) is 0 Å². The molecule has 0 saturated carbocycles. The number of carbonyl (C=O) groups excluding carboxylic acids is 1. The third-order valence-corrected chi connectivity index (χ3v) is 1.94. The third-order valence-electron chi connectivity index (χ3n) is 1.94. The van der Waals surface area contributed by atoms with Crippen LogP contribution in [0.15, 0.2) is 24.3 Å². The van der Waals surface area contributed by atoms with Crippen LogP contribution < -0.4 is 5.32 Å². The fraction of sp³-hybridized carbons (Fsp3) is 0.417. The maximum Gasteiger partial charge on any atom is 0.251 e. The molecule has 0 heterocycles. The van der Waals surface area contributed by atoms with Crippen LogP contribution >= 0.6 is 0 Å². The van der Waals surface area contributed by atoms with Crippen LogP contribution in [0.25, 0.3) is 0 Å². The van der Waals surface area contributed by atoms with Crippen molar-refractivity contribution < 1.29 is 4.79 Å². The highest BCUT2D eigenvalue weighted by Crippen LogP contribution is 2.06. The van der Waals surface area contributed by atoms with E-state index in [0.29, 0.717) is 11.9 Å². The molecule has 0 fully saturated rings. The molecule has 1 aromatic rings. The number of nitrogens with one attached hydrogen (secondary N) is 1. The van der Waals surface area contributed by atoms with Gasteiger partial charge in [0, 0.05) is 11.1 Å². The van der Waals surface area contributed by atoms with Crippen molar-refractivity contribution in [2.45, 2.75) is 32.6 Å². The predicted molar refractivity (Wildman–Crippen MR) is 63.1 cm³/mol. The van der Waals surface area contributed by atoms with Gasteiger partial charge in [0.25, 0.3) is 5.91 Å². The summed E-state index contributed by atoms with van der Waals surface area (Å²) in [5, 5.41) is 2.90. The Labute approximate surface area is 92.5 Å². The van der Waals surface area contributed by atoms with Gasteiger partial charge < -0.3 is 5.32 Å². The maximum atomic E-state index is 11.7. The van der Waals surface area contributed by atoms with Crippen LogP contribution in [0, 0.1) is 0 Å².